The van der Waals surface area contributed by atoms with Crippen LogP contribution >= 0.6 is 0 Å². The second kappa shape index (κ2) is 7.03. The Labute approximate surface area is 141 Å². The number of rotatable bonds is 7. The van der Waals surface area contributed by atoms with Gasteiger partial charge in [0.1, 0.15) is 0 Å². The maximum atomic E-state index is 12.3. The number of hydrogen-bond donors (Lipinski definition) is 3. The molecule has 1 fully saturated rings. The average molecular weight is 332 g/mol. The van der Waals surface area contributed by atoms with Gasteiger partial charge in [0.25, 0.3) is 5.91 Å². The van der Waals surface area contributed by atoms with Crippen molar-refractivity contribution >= 4 is 23.5 Å². The zero-order valence-electron chi connectivity index (χ0n) is 14.3. The largest absolute Gasteiger partial charge is 0.481 e. The van der Waals surface area contributed by atoms with Crippen LogP contribution in [0.15, 0.2) is 24.3 Å². The summed E-state index contributed by atoms with van der Waals surface area (Å²) < 4.78 is 0. The van der Waals surface area contributed by atoms with E-state index in [1.54, 1.807) is 38.1 Å². The quantitative estimate of drug-likeness (QED) is 0.715. The lowest BCUT2D eigenvalue weighted by Crippen LogP contribution is -2.43. The Balaban J connectivity index is 1.90. The predicted molar refractivity (Wildman–Crippen MR) is 90.8 cm³/mol. The highest BCUT2D eigenvalue weighted by atomic mass is 16.4. The third-order valence-electron chi connectivity index (χ3n) is 4.28. The lowest BCUT2D eigenvalue weighted by atomic mass is 9.97. The summed E-state index contributed by atoms with van der Waals surface area (Å²) in [5.74, 6) is -0.581. The molecule has 0 aliphatic heterocycles. The van der Waals surface area contributed by atoms with Gasteiger partial charge >= 0.3 is 5.97 Å². The smallest absolute Gasteiger partial charge is 0.303 e. The van der Waals surface area contributed by atoms with Gasteiger partial charge in [-0.3, -0.25) is 14.4 Å². The lowest BCUT2D eigenvalue weighted by Gasteiger charge is -2.25. The normalized spacial score (nSPS) is 19.5. The summed E-state index contributed by atoms with van der Waals surface area (Å²) in [6.45, 7) is 5.63. The summed E-state index contributed by atoms with van der Waals surface area (Å²) in [5.41, 5.74) is 0.529. The van der Waals surface area contributed by atoms with Crippen molar-refractivity contribution in [1.29, 1.82) is 0 Å². The summed E-state index contributed by atoms with van der Waals surface area (Å²) >= 11 is 0. The second-order valence-corrected chi connectivity index (χ2v) is 7.12. The maximum absolute atomic E-state index is 12.3. The molecule has 1 aliphatic carbocycles. The van der Waals surface area contributed by atoms with Crippen LogP contribution < -0.4 is 10.6 Å². The van der Waals surface area contributed by atoms with E-state index in [1.165, 1.54) is 0 Å². The molecule has 130 valence electrons. The minimum Gasteiger partial charge on any atom is -0.481 e. The number of carboxylic acids is 1. The summed E-state index contributed by atoms with van der Waals surface area (Å²) in [5, 5.41) is 14.4. The third kappa shape index (κ3) is 5.08. The van der Waals surface area contributed by atoms with Crippen LogP contribution in [0.3, 0.4) is 0 Å². The monoisotopic (exact) mass is 332 g/mol. The number of carbonyl (C=O) groups excluding carboxylic acids is 2. The highest BCUT2D eigenvalue weighted by Gasteiger charge is 2.39. The standard InChI is InChI=1S/C18H24N2O4/c1-11-10-14(11)17(24)19-13-6-4-12(5-7-13)16(23)20-18(2,3)9-8-15(21)22/h4-7,11,14H,8-10H2,1-3H3,(H,19,24)(H,20,23)(H,21,22). The number of benzene rings is 1. The number of carboxylic acid groups (broad SMARTS) is 1. The Morgan fingerprint density at radius 1 is 1.21 bits per heavy atom. The van der Waals surface area contributed by atoms with E-state index in [4.69, 9.17) is 5.11 Å². The van der Waals surface area contributed by atoms with Gasteiger partial charge in [-0.05, 0) is 56.9 Å². The molecule has 2 amide bonds. The van der Waals surface area contributed by atoms with Crippen molar-refractivity contribution in [2.75, 3.05) is 5.32 Å². The summed E-state index contributed by atoms with van der Waals surface area (Å²) in [6, 6.07) is 6.69. The second-order valence-electron chi connectivity index (χ2n) is 7.12. The molecule has 1 saturated carbocycles. The Morgan fingerprint density at radius 2 is 1.79 bits per heavy atom. The first-order valence-electron chi connectivity index (χ1n) is 8.13. The van der Waals surface area contributed by atoms with Crippen LogP contribution in [0.1, 0.15) is 50.4 Å². The molecule has 0 saturated heterocycles. The van der Waals surface area contributed by atoms with Crippen LogP contribution in [0.4, 0.5) is 5.69 Å². The molecule has 0 aromatic heterocycles. The van der Waals surface area contributed by atoms with Gasteiger partial charge in [-0.2, -0.15) is 0 Å². The van der Waals surface area contributed by atoms with Crippen LogP contribution in [0.5, 0.6) is 0 Å². The molecule has 6 nitrogen and oxygen atoms in total. The molecule has 0 bridgehead atoms. The Morgan fingerprint density at radius 3 is 2.29 bits per heavy atom. The minimum atomic E-state index is -0.887. The topological polar surface area (TPSA) is 95.5 Å². The van der Waals surface area contributed by atoms with Gasteiger partial charge in [0.15, 0.2) is 0 Å². The van der Waals surface area contributed by atoms with Gasteiger partial charge in [-0.1, -0.05) is 6.92 Å². The highest BCUT2D eigenvalue weighted by molar-refractivity contribution is 5.97. The maximum Gasteiger partial charge on any atom is 0.303 e. The molecule has 1 aromatic carbocycles. The number of amides is 2. The number of nitrogens with one attached hydrogen (secondary N) is 2. The highest BCUT2D eigenvalue weighted by Crippen LogP contribution is 2.38. The van der Waals surface area contributed by atoms with Crippen LogP contribution in [-0.4, -0.2) is 28.4 Å². The minimum absolute atomic E-state index is 0.00214. The van der Waals surface area contributed by atoms with Crippen LogP contribution in [0, 0.1) is 11.8 Å². The predicted octanol–water partition coefficient (Wildman–Crippen LogP) is 2.65. The molecule has 2 atom stereocenters. The van der Waals surface area contributed by atoms with Crippen molar-refractivity contribution in [2.24, 2.45) is 11.8 Å². The molecule has 0 heterocycles. The van der Waals surface area contributed by atoms with Gasteiger partial charge in [-0.25, -0.2) is 0 Å². The van der Waals surface area contributed by atoms with Gasteiger partial charge in [0.2, 0.25) is 5.91 Å². The third-order valence-corrected chi connectivity index (χ3v) is 4.28. The summed E-state index contributed by atoms with van der Waals surface area (Å²) in [6.07, 6.45) is 1.28. The molecule has 0 radical (unpaired) electrons. The number of aliphatic carboxylic acids is 1. The first-order chi connectivity index (χ1) is 11.2. The Hall–Kier alpha value is -2.37. The van der Waals surface area contributed by atoms with Gasteiger partial charge in [-0.15, -0.1) is 0 Å². The molecule has 0 spiro atoms. The molecular formula is C18H24N2O4. The molecule has 1 aliphatic rings. The lowest BCUT2D eigenvalue weighted by molar-refractivity contribution is -0.137. The molecular weight excluding hydrogens is 308 g/mol. The number of anilines is 1. The van der Waals surface area contributed by atoms with Gasteiger partial charge in [0.05, 0.1) is 0 Å². The van der Waals surface area contributed by atoms with Crippen molar-refractivity contribution in [2.45, 2.75) is 45.6 Å². The molecule has 1 aromatic rings. The molecule has 2 rings (SSSR count). The van der Waals surface area contributed by atoms with Crippen LogP contribution in [0.25, 0.3) is 0 Å². The number of carbonyl (C=O) groups is 3. The zero-order chi connectivity index (χ0) is 17.9. The van der Waals surface area contributed by atoms with E-state index in [9.17, 15) is 14.4 Å². The summed E-state index contributed by atoms with van der Waals surface area (Å²) in [7, 11) is 0. The van der Waals surface area contributed by atoms with E-state index < -0.39 is 11.5 Å². The van der Waals surface area contributed by atoms with Gasteiger partial charge < -0.3 is 15.7 Å². The summed E-state index contributed by atoms with van der Waals surface area (Å²) in [4.78, 5) is 34.8. The van der Waals surface area contributed by atoms with Crippen molar-refractivity contribution < 1.29 is 19.5 Å². The average Bonchev–Trinajstić information content (AvgIpc) is 3.23. The van der Waals surface area contributed by atoms with Crippen LogP contribution in [0.2, 0.25) is 0 Å². The molecule has 2 unspecified atom stereocenters. The van der Waals surface area contributed by atoms with E-state index in [0.29, 0.717) is 23.6 Å². The van der Waals surface area contributed by atoms with E-state index in [0.717, 1.165) is 6.42 Å². The van der Waals surface area contributed by atoms with E-state index in [2.05, 4.69) is 10.6 Å². The van der Waals surface area contributed by atoms with E-state index in [1.807, 2.05) is 6.92 Å². The molecule has 6 heteroatoms. The molecule has 24 heavy (non-hydrogen) atoms. The fourth-order valence-electron chi connectivity index (χ4n) is 2.49. The van der Waals surface area contributed by atoms with E-state index >= 15 is 0 Å². The van der Waals surface area contributed by atoms with Crippen molar-refractivity contribution in [3.63, 3.8) is 0 Å². The van der Waals surface area contributed by atoms with Gasteiger partial charge in [0, 0.05) is 29.1 Å². The Bertz CT molecular complexity index is 637. The van der Waals surface area contributed by atoms with Crippen molar-refractivity contribution in [3.05, 3.63) is 29.8 Å². The first kappa shape index (κ1) is 18.0. The number of hydrogen-bond acceptors (Lipinski definition) is 3. The SMILES string of the molecule is CC1CC1C(=O)Nc1ccc(C(=O)NC(C)(C)CCC(=O)O)cc1. The van der Waals surface area contributed by atoms with E-state index in [-0.39, 0.29) is 24.2 Å². The fraction of sp³-hybridized carbons (Fsp3) is 0.500. The van der Waals surface area contributed by atoms with Crippen LogP contribution in [-0.2, 0) is 9.59 Å². The first-order valence-corrected chi connectivity index (χ1v) is 8.13. The fourth-order valence-corrected chi connectivity index (χ4v) is 2.49. The van der Waals surface area contributed by atoms with Crippen molar-refractivity contribution in [1.82, 2.24) is 5.32 Å². The Kier molecular flexibility index (Phi) is 5.26. The zero-order valence-corrected chi connectivity index (χ0v) is 14.3. The molecule has 3 N–H and O–H groups in total. The van der Waals surface area contributed by atoms with Crippen molar-refractivity contribution in [3.8, 4) is 0 Å².